The first kappa shape index (κ1) is 17.4. The summed E-state index contributed by atoms with van der Waals surface area (Å²) < 4.78 is 73.7. The van der Waals surface area contributed by atoms with Crippen molar-refractivity contribution in [2.45, 2.75) is 12.4 Å². The molecule has 0 bridgehead atoms. The van der Waals surface area contributed by atoms with Crippen molar-refractivity contribution >= 4 is 23.2 Å². The van der Waals surface area contributed by atoms with Crippen LogP contribution >= 0.6 is 11.6 Å². The molecule has 21 heavy (non-hydrogen) atoms. The van der Waals surface area contributed by atoms with E-state index in [1.807, 2.05) is 0 Å². The van der Waals surface area contributed by atoms with Crippen molar-refractivity contribution in [3.63, 3.8) is 0 Å². The van der Waals surface area contributed by atoms with Crippen molar-refractivity contribution < 1.29 is 31.1 Å². The van der Waals surface area contributed by atoms with E-state index in [-0.39, 0.29) is 5.02 Å². The van der Waals surface area contributed by atoms with E-state index >= 15 is 0 Å². The van der Waals surface area contributed by atoms with Gasteiger partial charge < -0.3 is 10.6 Å². The fourth-order valence-electron chi connectivity index (χ4n) is 1.34. The van der Waals surface area contributed by atoms with Gasteiger partial charge in [-0.1, -0.05) is 11.6 Å². The maximum absolute atomic E-state index is 12.7. The van der Waals surface area contributed by atoms with Gasteiger partial charge in [0.25, 0.3) is 0 Å². The molecule has 0 unspecified atom stereocenters. The Morgan fingerprint density at radius 1 is 1.14 bits per heavy atom. The minimum Gasteiger partial charge on any atom is -0.376 e. The smallest absolute Gasteiger partial charge is 0.376 e. The molecule has 0 aliphatic heterocycles. The number of nitrogens with one attached hydrogen (secondary N) is 2. The molecule has 0 heterocycles. The summed E-state index contributed by atoms with van der Waals surface area (Å²) in [5.41, 5.74) is -1.56. The molecule has 0 fully saturated rings. The van der Waals surface area contributed by atoms with Crippen LogP contribution in [-0.2, 0) is 11.0 Å². The zero-order valence-corrected chi connectivity index (χ0v) is 11.0. The topological polar surface area (TPSA) is 41.1 Å². The second-order valence-electron chi connectivity index (χ2n) is 3.93. The van der Waals surface area contributed by atoms with Crippen LogP contribution in [0.3, 0.4) is 0 Å². The molecule has 3 nitrogen and oxygen atoms in total. The van der Waals surface area contributed by atoms with Gasteiger partial charge in [-0.05, 0) is 18.2 Å². The zero-order chi connectivity index (χ0) is 16.3. The molecule has 0 spiro atoms. The predicted octanol–water partition coefficient (Wildman–Crippen LogP) is 3.45. The van der Waals surface area contributed by atoms with Crippen LogP contribution in [0, 0.1) is 0 Å². The Labute approximate surface area is 120 Å². The minimum atomic E-state index is -4.71. The van der Waals surface area contributed by atoms with Gasteiger partial charge in [-0.3, -0.25) is 4.79 Å². The van der Waals surface area contributed by atoms with E-state index in [0.29, 0.717) is 6.07 Å². The Hall–Kier alpha value is -1.64. The number of rotatable bonds is 4. The Morgan fingerprint density at radius 2 is 1.76 bits per heavy atom. The van der Waals surface area contributed by atoms with Crippen molar-refractivity contribution in [1.29, 1.82) is 0 Å². The highest BCUT2D eigenvalue weighted by Gasteiger charge is 2.34. The first-order valence-electron chi connectivity index (χ1n) is 5.43. The lowest BCUT2D eigenvalue weighted by molar-refractivity contribution is -0.137. The largest absolute Gasteiger partial charge is 0.418 e. The summed E-state index contributed by atoms with van der Waals surface area (Å²) in [6, 6.07) is 2.80. The molecule has 0 saturated carbocycles. The van der Waals surface area contributed by atoms with E-state index in [2.05, 4.69) is 5.32 Å². The van der Waals surface area contributed by atoms with Crippen LogP contribution < -0.4 is 10.6 Å². The number of benzene rings is 1. The molecule has 0 radical (unpaired) electrons. The molecule has 0 aliphatic carbocycles. The summed E-state index contributed by atoms with van der Waals surface area (Å²) in [7, 11) is 0. The van der Waals surface area contributed by atoms with Gasteiger partial charge in [-0.2, -0.15) is 26.3 Å². The third kappa shape index (κ3) is 6.11. The molecule has 118 valence electrons. The summed E-state index contributed by atoms with van der Waals surface area (Å²) in [6.07, 6.45) is -9.30. The molecule has 1 aromatic rings. The number of anilines is 1. The summed E-state index contributed by atoms with van der Waals surface area (Å²) in [5, 5.41) is 3.50. The maximum atomic E-state index is 12.7. The summed E-state index contributed by atoms with van der Waals surface area (Å²) in [6.45, 7) is -2.29. The zero-order valence-electron chi connectivity index (χ0n) is 10.2. The molecule has 0 aromatic heterocycles. The lowest BCUT2D eigenvalue weighted by atomic mass is 10.1. The number of alkyl halides is 6. The predicted molar refractivity (Wildman–Crippen MR) is 64.0 cm³/mol. The average Bonchev–Trinajstić information content (AvgIpc) is 2.32. The molecule has 10 heteroatoms. The quantitative estimate of drug-likeness (QED) is 0.828. The van der Waals surface area contributed by atoms with E-state index in [9.17, 15) is 31.1 Å². The van der Waals surface area contributed by atoms with Crippen LogP contribution in [0.4, 0.5) is 32.0 Å². The van der Waals surface area contributed by atoms with E-state index in [0.717, 1.165) is 12.1 Å². The van der Waals surface area contributed by atoms with E-state index in [1.165, 1.54) is 5.32 Å². The Morgan fingerprint density at radius 3 is 2.29 bits per heavy atom. The molecule has 0 atom stereocenters. The van der Waals surface area contributed by atoms with Gasteiger partial charge in [0, 0.05) is 10.7 Å². The van der Waals surface area contributed by atoms with E-state index < -0.39 is 42.6 Å². The van der Waals surface area contributed by atoms with E-state index in [1.54, 1.807) is 0 Å². The minimum absolute atomic E-state index is 0.158. The van der Waals surface area contributed by atoms with Gasteiger partial charge in [0.15, 0.2) is 0 Å². The number of amides is 1. The molecule has 1 rings (SSSR count). The monoisotopic (exact) mass is 334 g/mol. The normalized spacial score (nSPS) is 12.1. The van der Waals surface area contributed by atoms with Gasteiger partial charge in [0.2, 0.25) is 5.91 Å². The van der Waals surface area contributed by atoms with Crippen LogP contribution in [0.15, 0.2) is 18.2 Å². The third-order valence-electron chi connectivity index (χ3n) is 2.21. The number of carbonyl (C=O) groups excluding carboxylic acids is 1. The number of carbonyl (C=O) groups is 1. The van der Waals surface area contributed by atoms with Crippen LogP contribution in [0.5, 0.6) is 0 Å². The number of halogens is 7. The second kappa shape index (κ2) is 6.42. The fourth-order valence-corrected chi connectivity index (χ4v) is 1.51. The van der Waals surface area contributed by atoms with Crippen molar-refractivity contribution in [1.82, 2.24) is 5.32 Å². The van der Waals surface area contributed by atoms with Crippen LogP contribution in [0.2, 0.25) is 5.02 Å². The molecule has 0 aliphatic rings. The van der Waals surface area contributed by atoms with Gasteiger partial charge >= 0.3 is 12.4 Å². The summed E-state index contributed by atoms with van der Waals surface area (Å²) in [4.78, 5) is 11.1. The van der Waals surface area contributed by atoms with Gasteiger partial charge in [-0.15, -0.1) is 0 Å². The molecule has 1 aromatic carbocycles. The highest BCUT2D eigenvalue weighted by atomic mass is 35.5. The molecular formula is C11H9ClF6N2O. The van der Waals surface area contributed by atoms with E-state index in [4.69, 9.17) is 11.6 Å². The van der Waals surface area contributed by atoms with Crippen molar-refractivity contribution in [2.24, 2.45) is 0 Å². The lowest BCUT2D eigenvalue weighted by Crippen LogP contribution is -2.37. The summed E-state index contributed by atoms with van der Waals surface area (Å²) in [5.74, 6) is -1.09. The van der Waals surface area contributed by atoms with Gasteiger partial charge in [0.1, 0.15) is 6.54 Å². The maximum Gasteiger partial charge on any atom is 0.418 e. The Kier molecular flexibility index (Phi) is 5.32. The van der Waals surface area contributed by atoms with Crippen LogP contribution in [0.1, 0.15) is 5.56 Å². The number of hydrogen-bond donors (Lipinski definition) is 2. The Bertz CT molecular complexity index is 514. The first-order valence-corrected chi connectivity index (χ1v) is 5.81. The SMILES string of the molecule is O=C(CNc1ccc(Cl)cc1C(F)(F)F)NCC(F)(F)F. The molecule has 1 amide bonds. The van der Waals surface area contributed by atoms with Crippen molar-refractivity contribution in [3.8, 4) is 0 Å². The lowest BCUT2D eigenvalue weighted by Gasteiger charge is -2.15. The van der Waals surface area contributed by atoms with Crippen LogP contribution in [0.25, 0.3) is 0 Å². The van der Waals surface area contributed by atoms with Gasteiger partial charge in [-0.25, -0.2) is 0 Å². The standard InChI is InChI=1S/C11H9ClF6N2O/c12-6-1-2-8(7(3-6)11(16,17)18)19-4-9(21)20-5-10(13,14)15/h1-3,19H,4-5H2,(H,20,21). The molecular weight excluding hydrogens is 326 g/mol. The first-order chi connectivity index (χ1) is 9.49. The Balaban J connectivity index is 2.70. The molecule has 2 N–H and O–H groups in total. The van der Waals surface area contributed by atoms with Crippen LogP contribution in [-0.4, -0.2) is 25.2 Å². The average molecular weight is 335 g/mol. The highest BCUT2D eigenvalue weighted by molar-refractivity contribution is 6.30. The fraction of sp³-hybridized carbons (Fsp3) is 0.364. The van der Waals surface area contributed by atoms with Gasteiger partial charge in [0.05, 0.1) is 12.1 Å². The number of hydrogen-bond acceptors (Lipinski definition) is 2. The highest BCUT2D eigenvalue weighted by Crippen LogP contribution is 2.36. The second-order valence-corrected chi connectivity index (χ2v) is 4.37. The van der Waals surface area contributed by atoms with Crippen molar-refractivity contribution in [3.05, 3.63) is 28.8 Å². The van der Waals surface area contributed by atoms with Crippen molar-refractivity contribution in [2.75, 3.05) is 18.4 Å². The summed E-state index contributed by atoms with van der Waals surface area (Å²) >= 11 is 5.45. The third-order valence-corrected chi connectivity index (χ3v) is 2.45. The molecule has 0 saturated heterocycles.